The zero-order valence-corrected chi connectivity index (χ0v) is 12.5. The van der Waals surface area contributed by atoms with Gasteiger partial charge in [0.2, 0.25) is 0 Å². The highest BCUT2D eigenvalue weighted by Crippen LogP contribution is 2.41. The Kier molecular flexibility index (Phi) is 4.18. The molecule has 0 aliphatic carbocycles. The number of furan rings is 1. The summed E-state index contributed by atoms with van der Waals surface area (Å²) in [6, 6.07) is 4.54. The van der Waals surface area contributed by atoms with Crippen molar-refractivity contribution in [1.82, 2.24) is 0 Å². The normalized spacial score (nSPS) is 11.7. The summed E-state index contributed by atoms with van der Waals surface area (Å²) in [4.78, 5) is 10.9. The molecule has 2 rings (SSSR count). The fourth-order valence-electron chi connectivity index (χ4n) is 1.54. The SMILES string of the molecule is O=C(Cl)c1ccc(-c2cc(C(F)(F)F)c(Br)cc2Cl)o1. The van der Waals surface area contributed by atoms with Gasteiger partial charge >= 0.3 is 6.18 Å². The van der Waals surface area contributed by atoms with Gasteiger partial charge in [0.15, 0.2) is 5.76 Å². The van der Waals surface area contributed by atoms with Gasteiger partial charge in [0, 0.05) is 10.0 Å². The third kappa shape index (κ3) is 3.02. The van der Waals surface area contributed by atoms with E-state index in [0.717, 1.165) is 12.1 Å². The van der Waals surface area contributed by atoms with Gasteiger partial charge in [0.25, 0.3) is 5.24 Å². The zero-order valence-electron chi connectivity index (χ0n) is 9.39. The van der Waals surface area contributed by atoms with Gasteiger partial charge < -0.3 is 4.42 Å². The number of hydrogen-bond acceptors (Lipinski definition) is 2. The molecule has 0 saturated heterocycles. The predicted octanol–water partition coefficient (Wildman–Crippen LogP) is 5.76. The molecule has 0 saturated carbocycles. The van der Waals surface area contributed by atoms with E-state index in [9.17, 15) is 18.0 Å². The third-order valence-electron chi connectivity index (χ3n) is 2.43. The van der Waals surface area contributed by atoms with Gasteiger partial charge in [0.1, 0.15) is 5.76 Å². The van der Waals surface area contributed by atoms with Gasteiger partial charge in [-0.25, -0.2) is 0 Å². The number of rotatable bonds is 2. The van der Waals surface area contributed by atoms with Crippen molar-refractivity contribution in [3.63, 3.8) is 0 Å². The maximum Gasteiger partial charge on any atom is 0.417 e. The first-order chi connectivity index (χ1) is 9.20. The van der Waals surface area contributed by atoms with Crippen LogP contribution < -0.4 is 0 Å². The average molecular weight is 388 g/mol. The molecule has 0 aliphatic rings. The van der Waals surface area contributed by atoms with Crippen molar-refractivity contribution >= 4 is 44.4 Å². The minimum Gasteiger partial charge on any atom is -0.452 e. The van der Waals surface area contributed by atoms with Gasteiger partial charge in [-0.05, 0) is 35.9 Å². The third-order valence-corrected chi connectivity index (χ3v) is 3.58. The molecule has 0 atom stereocenters. The molecule has 0 radical (unpaired) electrons. The van der Waals surface area contributed by atoms with E-state index < -0.39 is 17.0 Å². The summed E-state index contributed by atoms with van der Waals surface area (Å²) in [6.45, 7) is 0. The minimum atomic E-state index is -4.55. The molecule has 0 N–H and O–H groups in total. The molecular weight excluding hydrogens is 384 g/mol. The second kappa shape index (κ2) is 5.42. The smallest absolute Gasteiger partial charge is 0.417 e. The van der Waals surface area contributed by atoms with Gasteiger partial charge in [-0.1, -0.05) is 27.5 Å². The van der Waals surface area contributed by atoms with Crippen molar-refractivity contribution in [3.05, 3.63) is 45.1 Å². The van der Waals surface area contributed by atoms with Crippen LogP contribution in [-0.2, 0) is 6.18 Å². The van der Waals surface area contributed by atoms with Crippen molar-refractivity contribution in [2.75, 3.05) is 0 Å². The number of carbonyl (C=O) groups excluding carboxylic acids is 1. The lowest BCUT2D eigenvalue weighted by Gasteiger charge is -2.11. The lowest BCUT2D eigenvalue weighted by Crippen LogP contribution is -2.06. The van der Waals surface area contributed by atoms with Crippen LogP contribution in [0.25, 0.3) is 11.3 Å². The maximum absolute atomic E-state index is 12.8. The summed E-state index contributed by atoms with van der Waals surface area (Å²) in [6.07, 6.45) is -4.55. The number of halogens is 6. The molecule has 0 unspecified atom stereocenters. The Morgan fingerprint density at radius 3 is 2.40 bits per heavy atom. The van der Waals surface area contributed by atoms with E-state index in [-0.39, 0.29) is 26.6 Å². The summed E-state index contributed by atoms with van der Waals surface area (Å²) in [5.74, 6) is -0.147. The molecule has 0 amide bonds. The molecule has 0 bridgehead atoms. The second-order valence-electron chi connectivity index (χ2n) is 3.75. The van der Waals surface area contributed by atoms with Crippen LogP contribution in [0.3, 0.4) is 0 Å². The van der Waals surface area contributed by atoms with Crippen molar-refractivity contribution in [1.29, 1.82) is 0 Å². The molecule has 8 heteroatoms. The summed E-state index contributed by atoms with van der Waals surface area (Å²) in [7, 11) is 0. The van der Waals surface area contributed by atoms with Crippen LogP contribution in [0.5, 0.6) is 0 Å². The standard InChI is InChI=1S/C12H4BrCl2F3O2/c13-7-4-8(14)5(3-6(7)12(16,17)18)9-1-2-10(20-9)11(15)19/h1-4H. The van der Waals surface area contributed by atoms with E-state index in [4.69, 9.17) is 27.6 Å². The van der Waals surface area contributed by atoms with E-state index in [1.54, 1.807) is 0 Å². The van der Waals surface area contributed by atoms with Crippen molar-refractivity contribution in [2.24, 2.45) is 0 Å². The molecule has 1 aromatic carbocycles. The first-order valence-corrected chi connectivity index (χ1v) is 6.61. The highest BCUT2D eigenvalue weighted by Gasteiger charge is 2.34. The van der Waals surface area contributed by atoms with Crippen LogP contribution in [0.15, 0.2) is 33.2 Å². The van der Waals surface area contributed by atoms with Crippen LogP contribution in [-0.4, -0.2) is 5.24 Å². The molecule has 20 heavy (non-hydrogen) atoms. The van der Waals surface area contributed by atoms with Crippen LogP contribution in [0.1, 0.15) is 16.1 Å². The predicted molar refractivity (Wildman–Crippen MR) is 72.0 cm³/mol. The molecule has 0 spiro atoms. The van der Waals surface area contributed by atoms with Gasteiger partial charge in [0.05, 0.1) is 10.6 Å². The lowest BCUT2D eigenvalue weighted by atomic mass is 10.1. The maximum atomic E-state index is 12.8. The van der Waals surface area contributed by atoms with Crippen LogP contribution in [0.4, 0.5) is 13.2 Å². The molecule has 2 aromatic rings. The average Bonchev–Trinajstić information content (AvgIpc) is 2.76. The lowest BCUT2D eigenvalue weighted by molar-refractivity contribution is -0.138. The van der Waals surface area contributed by atoms with Gasteiger partial charge in [-0.3, -0.25) is 4.79 Å². The van der Waals surface area contributed by atoms with E-state index in [1.807, 2.05) is 0 Å². The quantitative estimate of drug-likeness (QED) is 0.613. The Hall–Kier alpha value is -0.980. The monoisotopic (exact) mass is 386 g/mol. The summed E-state index contributed by atoms with van der Waals surface area (Å²) < 4.78 is 43.4. The Bertz CT molecular complexity index is 680. The number of alkyl halides is 3. The van der Waals surface area contributed by atoms with Crippen molar-refractivity contribution in [3.8, 4) is 11.3 Å². The molecule has 1 aromatic heterocycles. The van der Waals surface area contributed by atoms with E-state index in [2.05, 4.69) is 15.9 Å². The number of carbonyl (C=O) groups is 1. The van der Waals surface area contributed by atoms with E-state index >= 15 is 0 Å². The van der Waals surface area contributed by atoms with Gasteiger partial charge in [-0.2, -0.15) is 13.2 Å². The van der Waals surface area contributed by atoms with E-state index in [0.29, 0.717) is 0 Å². The molecule has 106 valence electrons. The summed E-state index contributed by atoms with van der Waals surface area (Å²) in [5, 5.41) is -0.798. The number of benzene rings is 1. The molecule has 0 fully saturated rings. The van der Waals surface area contributed by atoms with Crippen LogP contribution in [0, 0.1) is 0 Å². The highest BCUT2D eigenvalue weighted by molar-refractivity contribution is 9.10. The fraction of sp³-hybridized carbons (Fsp3) is 0.0833. The largest absolute Gasteiger partial charge is 0.452 e. The Labute approximate surface area is 129 Å². The number of hydrogen-bond donors (Lipinski definition) is 0. The molecule has 1 heterocycles. The van der Waals surface area contributed by atoms with E-state index in [1.165, 1.54) is 12.1 Å². The van der Waals surface area contributed by atoms with Crippen molar-refractivity contribution in [2.45, 2.75) is 6.18 Å². The molecular formula is C12H4BrCl2F3O2. The Morgan fingerprint density at radius 2 is 1.90 bits per heavy atom. The second-order valence-corrected chi connectivity index (χ2v) is 5.35. The topological polar surface area (TPSA) is 30.2 Å². The summed E-state index contributed by atoms with van der Waals surface area (Å²) in [5.41, 5.74) is -0.876. The van der Waals surface area contributed by atoms with Gasteiger partial charge in [-0.15, -0.1) is 0 Å². The Morgan fingerprint density at radius 1 is 1.25 bits per heavy atom. The minimum absolute atomic E-state index is 0.0198. The van der Waals surface area contributed by atoms with Crippen LogP contribution >= 0.6 is 39.1 Å². The zero-order chi connectivity index (χ0) is 15.1. The van der Waals surface area contributed by atoms with Crippen molar-refractivity contribution < 1.29 is 22.4 Å². The molecule has 2 nitrogen and oxygen atoms in total. The Balaban J connectivity index is 2.58. The summed E-state index contributed by atoms with van der Waals surface area (Å²) >= 11 is 13.9. The molecule has 0 aliphatic heterocycles. The first kappa shape index (κ1) is 15.4. The first-order valence-electron chi connectivity index (χ1n) is 5.06. The highest BCUT2D eigenvalue weighted by atomic mass is 79.9. The van der Waals surface area contributed by atoms with Crippen LogP contribution in [0.2, 0.25) is 5.02 Å². The fourth-order valence-corrected chi connectivity index (χ4v) is 2.60.